The zero-order valence-corrected chi connectivity index (χ0v) is 10.3. The Morgan fingerprint density at radius 3 is 2.53 bits per heavy atom. The zero-order chi connectivity index (χ0) is 11.1. The van der Waals surface area contributed by atoms with Gasteiger partial charge in [-0.1, -0.05) is 0 Å². The summed E-state index contributed by atoms with van der Waals surface area (Å²) in [5, 5.41) is 0. The molecule has 15 heavy (non-hydrogen) atoms. The Kier molecular flexibility index (Phi) is 2.82. The van der Waals surface area contributed by atoms with E-state index < -0.39 is 0 Å². The van der Waals surface area contributed by atoms with Crippen molar-refractivity contribution in [1.29, 1.82) is 0 Å². The monoisotopic (exact) mass is 212 g/mol. The van der Waals surface area contributed by atoms with E-state index in [4.69, 9.17) is 10.5 Å². The van der Waals surface area contributed by atoms with Crippen LogP contribution in [0.3, 0.4) is 0 Å². The van der Waals surface area contributed by atoms with Gasteiger partial charge in [0.05, 0.1) is 11.7 Å². The van der Waals surface area contributed by atoms with E-state index in [1.54, 1.807) is 0 Å². The predicted molar refractivity (Wildman–Crippen MR) is 61.8 cm³/mol. The fourth-order valence-corrected chi connectivity index (χ4v) is 2.94. The molecule has 0 aromatic heterocycles. The summed E-state index contributed by atoms with van der Waals surface area (Å²) in [6.45, 7) is 9.57. The Hall–Kier alpha value is -0.120. The smallest absolute Gasteiger partial charge is 0.0757 e. The minimum absolute atomic E-state index is 0.0161. The fourth-order valence-electron chi connectivity index (χ4n) is 2.94. The van der Waals surface area contributed by atoms with Gasteiger partial charge in [0.2, 0.25) is 0 Å². The number of morpholine rings is 1. The van der Waals surface area contributed by atoms with E-state index in [0.717, 1.165) is 19.6 Å². The lowest BCUT2D eigenvalue weighted by molar-refractivity contribution is -0.133. The van der Waals surface area contributed by atoms with Gasteiger partial charge in [0.1, 0.15) is 0 Å². The van der Waals surface area contributed by atoms with Crippen molar-refractivity contribution >= 4 is 0 Å². The van der Waals surface area contributed by atoms with E-state index >= 15 is 0 Å². The van der Waals surface area contributed by atoms with Gasteiger partial charge < -0.3 is 10.5 Å². The molecule has 1 unspecified atom stereocenters. The van der Waals surface area contributed by atoms with Crippen LogP contribution in [0.5, 0.6) is 0 Å². The topological polar surface area (TPSA) is 38.5 Å². The number of nitrogens with two attached hydrogens (primary N) is 1. The molecule has 0 bridgehead atoms. The molecule has 0 aromatic rings. The lowest BCUT2D eigenvalue weighted by Gasteiger charge is -2.47. The largest absolute Gasteiger partial charge is 0.370 e. The second-order valence-corrected chi connectivity index (χ2v) is 6.07. The molecule has 2 rings (SSSR count). The van der Waals surface area contributed by atoms with Crippen LogP contribution >= 0.6 is 0 Å². The van der Waals surface area contributed by atoms with E-state index in [1.807, 2.05) is 0 Å². The summed E-state index contributed by atoms with van der Waals surface area (Å²) in [5.74, 6) is 0. The first-order chi connectivity index (χ1) is 6.89. The first-order valence-electron chi connectivity index (χ1n) is 6.08. The minimum atomic E-state index is -0.0161. The molecule has 3 nitrogen and oxygen atoms in total. The molecule has 0 spiro atoms. The van der Waals surface area contributed by atoms with Gasteiger partial charge in [-0.25, -0.2) is 0 Å². The van der Waals surface area contributed by atoms with E-state index in [2.05, 4.69) is 25.7 Å². The van der Waals surface area contributed by atoms with Gasteiger partial charge in [-0.3, -0.25) is 4.90 Å². The van der Waals surface area contributed by atoms with Gasteiger partial charge in [-0.05, 0) is 40.0 Å². The first-order valence-corrected chi connectivity index (χ1v) is 6.08. The van der Waals surface area contributed by atoms with Crippen molar-refractivity contribution in [2.45, 2.75) is 57.3 Å². The molecule has 0 radical (unpaired) electrons. The minimum Gasteiger partial charge on any atom is -0.370 e. The third kappa shape index (κ3) is 2.71. The molecule has 1 aliphatic carbocycles. The molecular formula is C12H24N2O. The highest BCUT2D eigenvalue weighted by Gasteiger charge is 2.38. The predicted octanol–water partition coefficient (Wildman–Crippen LogP) is 1.37. The molecule has 0 aromatic carbocycles. The molecule has 1 saturated carbocycles. The van der Waals surface area contributed by atoms with Crippen molar-refractivity contribution in [1.82, 2.24) is 4.90 Å². The summed E-state index contributed by atoms with van der Waals surface area (Å²) in [7, 11) is 0. The van der Waals surface area contributed by atoms with Crippen LogP contribution in [0.4, 0.5) is 0 Å². The van der Waals surface area contributed by atoms with Gasteiger partial charge in [0, 0.05) is 25.2 Å². The Bertz CT molecular complexity index is 236. The number of hydrogen-bond donors (Lipinski definition) is 1. The van der Waals surface area contributed by atoms with Crippen LogP contribution < -0.4 is 5.73 Å². The molecule has 1 saturated heterocycles. The Morgan fingerprint density at radius 1 is 1.40 bits per heavy atom. The third-order valence-corrected chi connectivity index (χ3v) is 3.53. The van der Waals surface area contributed by atoms with Gasteiger partial charge in [-0.15, -0.1) is 0 Å². The van der Waals surface area contributed by atoms with Crippen molar-refractivity contribution in [3.05, 3.63) is 0 Å². The average molecular weight is 212 g/mol. The molecule has 2 N–H and O–H groups in total. The van der Waals surface area contributed by atoms with Crippen LogP contribution in [0.25, 0.3) is 0 Å². The third-order valence-electron chi connectivity index (χ3n) is 3.53. The summed E-state index contributed by atoms with van der Waals surface area (Å²) in [5.41, 5.74) is 6.37. The maximum Gasteiger partial charge on any atom is 0.0757 e. The number of ether oxygens (including phenoxy) is 1. The summed E-state index contributed by atoms with van der Waals surface area (Å²) < 4.78 is 5.89. The second-order valence-electron chi connectivity index (χ2n) is 6.07. The summed E-state index contributed by atoms with van der Waals surface area (Å²) in [6.07, 6.45) is 4.02. The van der Waals surface area contributed by atoms with Crippen molar-refractivity contribution in [3.63, 3.8) is 0 Å². The Balaban J connectivity index is 1.91. The highest BCUT2D eigenvalue weighted by Crippen LogP contribution is 2.31. The lowest BCUT2D eigenvalue weighted by atomic mass is 9.77. The van der Waals surface area contributed by atoms with Crippen LogP contribution in [0, 0.1) is 0 Å². The normalized spacial score (nSPS) is 34.8. The fraction of sp³-hybridized carbons (Fsp3) is 1.00. The number of nitrogens with zero attached hydrogens (tertiary/aromatic N) is 1. The van der Waals surface area contributed by atoms with E-state index in [9.17, 15) is 0 Å². The maximum absolute atomic E-state index is 6.29. The van der Waals surface area contributed by atoms with Crippen molar-refractivity contribution in [2.24, 2.45) is 5.73 Å². The summed E-state index contributed by atoms with van der Waals surface area (Å²) in [6, 6.07) is 0. The van der Waals surface area contributed by atoms with Gasteiger partial charge in [0.15, 0.2) is 0 Å². The molecule has 1 aliphatic heterocycles. The van der Waals surface area contributed by atoms with Crippen molar-refractivity contribution in [3.8, 4) is 0 Å². The lowest BCUT2D eigenvalue weighted by Crippen LogP contribution is -2.60. The van der Waals surface area contributed by atoms with Crippen LogP contribution in [0.2, 0.25) is 0 Å². The van der Waals surface area contributed by atoms with Crippen molar-refractivity contribution in [2.75, 3.05) is 19.6 Å². The van der Waals surface area contributed by atoms with E-state index in [-0.39, 0.29) is 11.1 Å². The molecule has 2 fully saturated rings. The standard InChI is InChI=1S/C12H24N2O/c1-10-7-14(8-11(2,3)15-10)9-12(13)5-4-6-12/h10H,4-9,13H2,1-3H3. The van der Waals surface area contributed by atoms with Gasteiger partial charge in [0.25, 0.3) is 0 Å². The molecule has 88 valence electrons. The molecule has 0 amide bonds. The van der Waals surface area contributed by atoms with Crippen LogP contribution in [-0.2, 0) is 4.74 Å². The van der Waals surface area contributed by atoms with Crippen molar-refractivity contribution < 1.29 is 4.74 Å². The number of rotatable bonds is 2. The molecule has 1 atom stereocenters. The first kappa shape index (κ1) is 11.4. The molecule has 1 heterocycles. The Morgan fingerprint density at radius 2 is 2.07 bits per heavy atom. The Labute approximate surface area is 93.0 Å². The van der Waals surface area contributed by atoms with E-state index in [0.29, 0.717) is 6.10 Å². The van der Waals surface area contributed by atoms with Crippen LogP contribution in [-0.4, -0.2) is 41.8 Å². The highest BCUT2D eigenvalue weighted by atomic mass is 16.5. The second kappa shape index (κ2) is 3.72. The van der Waals surface area contributed by atoms with Crippen LogP contribution in [0.1, 0.15) is 40.0 Å². The van der Waals surface area contributed by atoms with Gasteiger partial charge in [-0.2, -0.15) is 0 Å². The molecular weight excluding hydrogens is 188 g/mol. The van der Waals surface area contributed by atoms with Gasteiger partial charge >= 0.3 is 0 Å². The van der Waals surface area contributed by atoms with Crippen LogP contribution in [0.15, 0.2) is 0 Å². The quantitative estimate of drug-likeness (QED) is 0.751. The maximum atomic E-state index is 6.29. The molecule has 3 heteroatoms. The average Bonchev–Trinajstić information content (AvgIpc) is 1.96. The zero-order valence-electron chi connectivity index (χ0n) is 10.3. The SMILES string of the molecule is CC1CN(CC2(N)CCC2)CC(C)(C)O1. The number of hydrogen-bond acceptors (Lipinski definition) is 3. The van der Waals surface area contributed by atoms with E-state index in [1.165, 1.54) is 19.3 Å². The molecule has 2 aliphatic rings. The highest BCUT2D eigenvalue weighted by molar-refractivity contribution is 4.97. The summed E-state index contributed by atoms with van der Waals surface area (Å²) >= 11 is 0. The summed E-state index contributed by atoms with van der Waals surface area (Å²) in [4.78, 5) is 2.48.